The first-order valence-corrected chi connectivity index (χ1v) is 10.8. The minimum absolute atomic E-state index is 0.0139. The van der Waals surface area contributed by atoms with Crippen LogP contribution in [0.2, 0.25) is 0 Å². The number of nitrogens with zero attached hydrogens (tertiary/aromatic N) is 4. The molecule has 1 aromatic carbocycles. The zero-order chi connectivity index (χ0) is 22.0. The van der Waals surface area contributed by atoms with Gasteiger partial charge in [0.05, 0.1) is 6.54 Å². The molecule has 0 radical (unpaired) electrons. The lowest BCUT2D eigenvalue weighted by molar-refractivity contribution is 0.0656. The normalized spacial score (nSPS) is 19.3. The van der Waals surface area contributed by atoms with Crippen LogP contribution in [0.3, 0.4) is 0 Å². The molecule has 2 aliphatic rings. The van der Waals surface area contributed by atoms with E-state index in [1.165, 1.54) is 12.1 Å². The summed E-state index contributed by atoms with van der Waals surface area (Å²) in [6, 6.07) is 3.67. The monoisotopic (exact) mass is 429 g/mol. The van der Waals surface area contributed by atoms with Gasteiger partial charge in [0.1, 0.15) is 11.6 Å². The van der Waals surface area contributed by atoms with Gasteiger partial charge in [-0.15, -0.1) is 6.58 Å². The first-order chi connectivity index (χ1) is 14.9. The van der Waals surface area contributed by atoms with Crippen LogP contribution < -0.4 is 5.32 Å². The first-order valence-electron chi connectivity index (χ1n) is 10.8. The Morgan fingerprint density at radius 2 is 1.94 bits per heavy atom. The molecule has 8 heteroatoms. The quantitative estimate of drug-likeness (QED) is 0.717. The smallest absolute Gasteiger partial charge is 0.274 e. The van der Waals surface area contributed by atoms with Crippen LogP contribution in [-0.2, 0) is 25.9 Å². The van der Waals surface area contributed by atoms with Crippen LogP contribution in [0.15, 0.2) is 30.9 Å². The maximum absolute atomic E-state index is 13.5. The van der Waals surface area contributed by atoms with E-state index in [1.54, 1.807) is 6.08 Å². The van der Waals surface area contributed by atoms with Crippen LogP contribution in [0, 0.1) is 11.6 Å². The summed E-state index contributed by atoms with van der Waals surface area (Å²) in [5, 5.41) is 8.07. The number of carbonyl (C=O) groups excluding carboxylic acids is 1. The molecule has 4 rings (SSSR count). The molecular formula is C23H29F2N5O. The number of fused-ring (bicyclic) bond motifs is 1. The summed E-state index contributed by atoms with van der Waals surface area (Å²) in [5.74, 6) is -1.16. The highest BCUT2D eigenvalue weighted by molar-refractivity contribution is 5.94. The third-order valence-electron chi connectivity index (χ3n) is 6.16. The summed E-state index contributed by atoms with van der Waals surface area (Å²) in [6.07, 6.45) is 4.12. The van der Waals surface area contributed by atoms with E-state index >= 15 is 0 Å². The summed E-state index contributed by atoms with van der Waals surface area (Å²) in [5.41, 5.74) is 3.18. The van der Waals surface area contributed by atoms with E-state index in [-0.39, 0.29) is 11.9 Å². The Morgan fingerprint density at radius 1 is 1.23 bits per heavy atom. The molecule has 0 saturated carbocycles. The number of hydrogen-bond donors (Lipinski definition) is 1. The lowest BCUT2D eigenvalue weighted by atomic mass is 9.90. The number of rotatable bonds is 6. The molecule has 1 saturated heterocycles. The lowest BCUT2D eigenvalue weighted by Crippen LogP contribution is -2.47. The van der Waals surface area contributed by atoms with Gasteiger partial charge in [-0.05, 0) is 44.0 Å². The van der Waals surface area contributed by atoms with Gasteiger partial charge in [-0.2, -0.15) is 5.10 Å². The van der Waals surface area contributed by atoms with E-state index in [0.29, 0.717) is 43.9 Å². The van der Waals surface area contributed by atoms with Gasteiger partial charge in [-0.3, -0.25) is 9.48 Å². The summed E-state index contributed by atoms with van der Waals surface area (Å²) in [4.78, 5) is 17.4. The molecule has 0 spiro atoms. The molecular weight excluding hydrogens is 400 g/mol. The molecule has 1 atom stereocenters. The van der Waals surface area contributed by atoms with Gasteiger partial charge in [0, 0.05) is 56.1 Å². The predicted molar refractivity (Wildman–Crippen MR) is 115 cm³/mol. The van der Waals surface area contributed by atoms with E-state index in [9.17, 15) is 13.6 Å². The maximum Gasteiger partial charge on any atom is 0.274 e. The van der Waals surface area contributed by atoms with Crippen LogP contribution in [0.25, 0.3) is 0 Å². The molecule has 2 aromatic rings. The second-order valence-electron chi connectivity index (χ2n) is 8.44. The molecule has 2 heterocycles. The fourth-order valence-corrected chi connectivity index (χ4v) is 4.44. The van der Waals surface area contributed by atoms with E-state index in [2.05, 4.69) is 28.9 Å². The highest BCUT2D eigenvalue weighted by atomic mass is 19.1. The molecule has 166 valence electrons. The number of likely N-dealkylation sites (N-methyl/N-ethyl adjacent to an activating group) is 1. The van der Waals surface area contributed by atoms with Gasteiger partial charge in [-0.25, -0.2) is 8.78 Å². The van der Waals surface area contributed by atoms with Gasteiger partial charge in [0.2, 0.25) is 0 Å². The molecule has 1 aliphatic heterocycles. The van der Waals surface area contributed by atoms with Gasteiger partial charge in [0.15, 0.2) is 5.69 Å². The molecule has 1 N–H and O–H groups in total. The van der Waals surface area contributed by atoms with Crippen LogP contribution in [0.1, 0.15) is 33.7 Å². The second-order valence-corrected chi connectivity index (χ2v) is 8.44. The molecule has 0 bridgehead atoms. The number of allylic oxidation sites excluding steroid dienone is 1. The van der Waals surface area contributed by atoms with E-state index in [4.69, 9.17) is 0 Å². The third-order valence-corrected chi connectivity index (χ3v) is 6.16. The number of carbonyl (C=O) groups is 1. The van der Waals surface area contributed by atoms with Crippen molar-refractivity contribution in [2.45, 2.75) is 38.4 Å². The Bertz CT molecular complexity index is 945. The Labute approximate surface area is 181 Å². The molecule has 1 unspecified atom stereocenters. The van der Waals surface area contributed by atoms with Gasteiger partial charge in [0.25, 0.3) is 5.91 Å². The van der Waals surface area contributed by atoms with Crippen molar-refractivity contribution in [3.05, 3.63) is 65.0 Å². The van der Waals surface area contributed by atoms with Gasteiger partial charge >= 0.3 is 0 Å². The zero-order valence-electron chi connectivity index (χ0n) is 17.9. The maximum atomic E-state index is 13.5. The van der Waals surface area contributed by atoms with Gasteiger partial charge in [-0.1, -0.05) is 6.08 Å². The Hall–Kier alpha value is -2.58. The Morgan fingerprint density at radius 3 is 2.61 bits per heavy atom. The van der Waals surface area contributed by atoms with Crippen molar-refractivity contribution in [1.82, 2.24) is 24.9 Å². The topological polar surface area (TPSA) is 53.4 Å². The SMILES string of the molecule is C=CCn1nc(C(=O)N2CCN(C)CC2)c2c1CCC(NCc1cc(F)cc(F)c1)C2. The van der Waals surface area contributed by atoms with Crippen LogP contribution >= 0.6 is 0 Å². The van der Waals surface area contributed by atoms with Crippen molar-refractivity contribution in [3.63, 3.8) is 0 Å². The van der Waals surface area contributed by atoms with Crippen molar-refractivity contribution < 1.29 is 13.6 Å². The fourth-order valence-electron chi connectivity index (χ4n) is 4.44. The number of hydrogen-bond acceptors (Lipinski definition) is 4. The largest absolute Gasteiger partial charge is 0.335 e. The molecule has 31 heavy (non-hydrogen) atoms. The van der Waals surface area contributed by atoms with Crippen LogP contribution in [0.4, 0.5) is 8.78 Å². The lowest BCUT2D eigenvalue weighted by Gasteiger charge is -2.32. The molecule has 1 aromatic heterocycles. The van der Waals surface area contributed by atoms with Crippen molar-refractivity contribution in [2.24, 2.45) is 0 Å². The number of aromatic nitrogens is 2. The predicted octanol–water partition coefficient (Wildman–Crippen LogP) is 2.38. The van der Waals surface area contributed by atoms with Crippen LogP contribution in [-0.4, -0.2) is 64.8 Å². The first kappa shape index (κ1) is 21.6. The summed E-state index contributed by atoms with van der Waals surface area (Å²) in [7, 11) is 2.06. The zero-order valence-corrected chi connectivity index (χ0v) is 17.9. The fraction of sp³-hybridized carbons (Fsp3) is 0.478. The average molecular weight is 430 g/mol. The van der Waals surface area contributed by atoms with E-state index in [1.807, 2.05) is 9.58 Å². The van der Waals surface area contributed by atoms with E-state index < -0.39 is 11.6 Å². The second kappa shape index (κ2) is 9.28. The van der Waals surface area contributed by atoms with Crippen molar-refractivity contribution in [1.29, 1.82) is 0 Å². The third kappa shape index (κ3) is 4.85. The highest BCUT2D eigenvalue weighted by Gasteiger charge is 2.31. The number of benzene rings is 1. The Kier molecular flexibility index (Phi) is 6.48. The highest BCUT2D eigenvalue weighted by Crippen LogP contribution is 2.26. The molecule has 1 amide bonds. The Balaban J connectivity index is 1.51. The number of nitrogens with one attached hydrogen (secondary N) is 1. The average Bonchev–Trinajstić information content (AvgIpc) is 3.10. The number of halogens is 2. The summed E-state index contributed by atoms with van der Waals surface area (Å²) >= 11 is 0. The summed E-state index contributed by atoms with van der Waals surface area (Å²) < 4.78 is 28.8. The minimum Gasteiger partial charge on any atom is -0.335 e. The number of piperazine rings is 1. The van der Waals surface area contributed by atoms with Crippen molar-refractivity contribution in [2.75, 3.05) is 33.2 Å². The minimum atomic E-state index is -0.575. The molecule has 6 nitrogen and oxygen atoms in total. The van der Waals surface area contributed by atoms with E-state index in [0.717, 1.165) is 43.3 Å². The van der Waals surface area contributed by atoms with Gasteiger partial charge < -0.3 is 15.1 Å². The van der Waals surface area contributed by atoms with Crippen molar-refractivity contribution in [3.8, 4) is 0 Å². The summed E-state index contributed by atoms with van der Waals surface area (Å²) in [6.45, 7) is 7.87. The standard InChI is InChI=1S/C23H29F2N5O/c1-3-6-30-21-5-4-19(26-15-16-11-17(24)13-18(25)12-16)14-20(21)22(27-30)23(31)29-9-7-28(2)8-10-29/h3,11-13,19,26H,1,4-10,14-15H2,2H3. The number of amides is 1. The molecule has 1 fully saturated rings. The molecule has 1 aliphatic carbocycles. The van der Waals surface area contributed by atoms with Crippen LogP contribution in [0.5, 0.6) is 0 Å². The van der Waals surface area contributed by atoms with Crippen molar-refractivity contribution >= 4 is 5.91 Å².